The van der Waals surface area contributed by atoms with Crippen LogP contribution in [0.4, 0.5) is 5.69 Å². The van der Waals surface area contributed by atoms with Gasteiger partial charge in [-0.25, -0.2) is 4.79 Å². The number of phenolic OH excluding ortho intramolecular Hbond substituents is 1. The van der Waals surface area contributed by atoms with Crippen LogP contribution in [-0.4, -0.2) is 23.8 Å². The van der Waals surface area contributed by atoms with Gasteiger partial charge in [-0.1, -0.05) is 23.2 Å². The minimum absolute atomic E-state index is 0.105. The summed E-state index contributed by atoms with van der Waals surface area (Å²) in [5.74, 6) is -0.219. The van der Waals surface area contributed by atoms with Crippen LogP contribution in [0.2, 0.25) is 10.0 Å². The molecule has 0 unspecified atom stereocenters. The molecule has 0 aromatic heterocycles. The Labute approximate surface area is 162 Å². The first-order valence-corrected chi connectivity index (χ1v) is 8.68. The molecular formula is C19H21Cl2NO4. The van der Waals surface area contributed by atoms with Gasteiger partial charge in [-0.2, -0.15) is 0 Å². The molecule has 0 spiro atoms. The molecule has 0 saturated heterocycles. The number of aromatic hydroxyl groups is 1. The summed E-state index contributed by atoms with van der Waals surface area (Å²) in [6, 6.07) is 7.99. The van der Waals surface area contributed by atoms with Gasteiger partial charge in [0, 0.05) is 28.9 Å². The Hall–Kier alpha value is -2.11. The fraction of sp³-hybridized carbons (Fsp3) is 0.316. The minimum atomic E-state index is -0.636. The van der Waals surface area contributed by atoms with Crippen LogP contribution in [0.5, 0.6) is 11.5 Å². The smallest absolute Gasteiger partial charge is 0.342 e. The van der Waals surface area contributed by atoms with E-state index in [0.717, 1.165) is 5.56 Å². The van der Waals surface area contributed by atoms with Crippen molar-refractivity contribution in [3.63, 3.8) is 0 Å². The van der Waals surface area contributed by atoms with Crippen molar-refractivity contribution in [2.24, 2.45) is 0 Å². The lowest BCUT2D eigenvalue weighted by Gasteiger charge is -2.20. The summed E-state index contributed by atoms with van der Waals surface area (Å²) in [6.45, 7) is 5.67. The quantitative estimate of drug-likeness (QED) is 0.672. The summed E-state index contributed by atoms with van der Waals surface area (Å²) < 4.78 is 10.6. The van der Waals surface area contributed by atoms with E-state index in [1.54, 1.807) is 39.0 Å². The zero-order chi connectivity index (χ0) is 19.5. The Bertz CT molecular complexity index is 816. The predicted molar refractivity (Wildman–Crippen MR) is 104 cm³/mol. The third-order valence-corrected chi connectivity index (χ3v) is 3.89. The van der Waals surface area contributed by atoms with Gasteiger partial charge < -0.3 is 19.9 Å². The number of anilines is 1. The monoisotopic (exact) mass is 397 g/mol. The number of hydrogen-bond acceptors (Lipinski definition) is 5. The number of methoxy groups -OCH3 is 1. The van der Waals surface area contributed by atoms with Crippen molar-refractivity contribution in [1.29, 1.82) is 0 Å². The van der Waals surface area contributed by atoms with E-state index in [9.17, 15) is 9.90 Å². The van der Waals surface area contributed by atoms with Crippen molar-refractivity contribution in [1.82, 2.24) is 0 Å². The number of rotatable bonds is 5. The van der Waals surface area contributed by atoms with Gasteiger partial charge >= 0.3 is 5.97 Å². The number of carbonyl (C=O) groups is 1. The van der Waals surface area contributed by atoms with Crippen LogP contribution >= 0.6 is 23.2 Å². The molecule has 0 amide bonds. The molecule has 0 radical (unpaired) electrons. The fourth-order valence-electron chi connectivity index (χ4n) is 2.32. The van der Waals surface area contributed by atoms with Gasteiger partial charge in [-0.05, 0) is 45.0 Å². The predicted octanol–water partition coefficient (Wildman–Crippen LogP) is 5.28. The topological polar surface area (TPSA) is 67.8 Å². The van der Waals surface area contributed by atoms with Gasteiger partial charge in [0.05, 0.1) is 12.1 Å². The second kappa shape index (κ2) is 8.06. The van der Waals surface area contributed by atoms with E-state index in [2.05, 4.69) is 5.32 Å². The summed E-state index contributed by atoms with van der Waals surface area (Å²) in [4.78, 5) is 12.1. The Morgan fingerprint density at radius 1 is 1.19 bits per heavy atom. The summed E-state index contributed by atoms with van der Waals surface area (Å²) in [5, 5.41) is 14.2. The number of benzene rings is 2. The van der Waals surface area contributed by atoms with Crippen molar-refractivity contribution in [2.45, 2.75) is 32.9 Å². The summed E-state index contributed by atoms with van der Waals surface area (Å²) in [6.07, 6.45) is 0. The van der Waals surface area contributed by atoms with Crippen LogP contribution in [0.3, 0.4) is 0 Å². The van der Waals surface area contributed by atoms with E-state index >= 15 is 0 Å². The lowest BCUT2D eigenvalue weighted by atomic mass is 10.1. The van der Waals surface area contributed by atoms with Crippen LogP contribution in [0.1, 0.15) is 36.7 Å². The summed E-state index contributed by atoms with van der Waals surface area (Å²) in [5.41, 5.74) is 0.852. The number of nitrogens with one attached hydrogen (secondary N) is 1. The lowest BCUT2D eigenvalue weighted by molar-refractivity contribution is 0.00669. The highest BCUT2D eigenvalue weighted by molar-refractivity contribution is 6.35. The molecular weight excluding hydrogens is 377 g/mol. The van der Waals surface area contributed by atoms with E-state index < -0.39 is 11.6 Å². The third-order valence-electron chi connectivity index (χ3n) is 3.39. The highest BCUT2D eigenvalue weighted by Crippen LogP contribution is 2.33. The van der Waals surface area contributed by atoms with Gasteiger partial charge in [0.1, 0.15) is 22.7 Å². The maximum atomic E-state index is 12.1. The van der Waals surface area contributed by atoms with Crippen molar-refractivity contribution < 1.29 is 19.4 Å². The molecule has 5 nitrogen and oxygen atoms in total. The molecule has 2 aromatic rings. The normalized spacial score (nSPS) is 11.2. The Morgan fingerprint density at radius 3 is 2.46 bits per heavy atom. The number of phenols is 1. The van der Waals surface area contributed by atoms with Crippen LogP contribution < -0.4 is 10.1 Å². The molecule has 0 bridgehead atoms. The van der Waals surface area contributed by atoms with E-state index in [-0.39, 0.29) is 11.3 Å². The molecule has 7 heteroatoms. The molecule has 0 heterocycles. The maximum absolute atomic E-state index is 12.1. The maximum Gasteiger partial charge on any atom is 0.342 e. The van der Waals surface area contributed by atoms with Crippen LogP contribution in [0.15, 0.2) is 30.3 Å². The van der Waals surface area contributed by atoms with Crippen molar-refractivity contribution in [2.75, 3.05) is 12.4 Å². The minimum Gasteiger partial charge on any atom is -0.507 e. The van der Waals surface area contributed by atoms with Gasteiger partial charge in [0.15, 0.2) is 0 Å². The summed E-state index contributed by atoms with van der Waals surface area (Å²) in [7, 11) is 1.53. The average molecular weight is 398 g/mol. The molecule has 0 aliphatic carbocycles. The highest BCUT2D eigenvalue weighted by Gasteiger charge is 2.20. The second-order valence-electron chi connectivity index (χ2n) is 6.67. The number of ether oxygens (including phenoxy) is 2. The first-order chi connectivity index (χ1) is 12.1. The largest absolute Gasteiger partial charge is 0.507 e. The molecule has 2 N–H and O–H groups in total. The van der Waals surface area contributed by atoms with E-state index in [1.807, 2.05) is 0 Å². The molecule has 2 rings (SSSR count). The molecule has 26 heavy (non-hydrogen) atoms. The van der Waals surface area contributed by atoms with E-state index in [1.165, 1.54) is 19.2 Å². The second-order valence-corrected chi connectivity index (χ2v) is 7.51. The van der Waals surface area contributed by atoms with E-state index in [4.69, 9.17) is 32.7 Å². The van der Waals surface area contributed by atoms with Gasteiger partial charge in [0.2, 0.25) is 0 Å². The summed E-state index contributed by atoms with van der Waals surface area (Å²) >= 11 is 12.2. The fourth-order valence-corrected chi connectivity index (χ4v) is 2.93. The first-order valence-electron chi connectivity index (χ1n) is 7.93. The van der Waals surface area contributed by atoms with Crippen LogP contribution in [0, 0.1) is 0 Å². The van der Waals surface area contributed by atoms with Crippen molar-refractivity contribution >= 4 is 34.9 Å². The zero-order valence-electron chi connectivity index (χ0n) is 15.0. The Kier molecular flexibility index (Phi) is 6.26. The standard InChI is InChI=1S/C19H21Cl2NO4/c1-19(2,3)26-18(24)14-6-5-13(9-16(14)23)22-10-11-7-12(20)8-15(21)17(11)25-4/h5-9,22-23H,10H2,1-4H3. The first kappa shape index (κ1) is 20.2. The van der Waals surface area contributed by atoms with Gasteiger partial charge in [0.25, 0.3) is 0 Å². The number of esters is 1. The van der Waals surface area contributed by atoms with Gasteiger partial charge in [-0.15, -0.1) is 0 Å². The molecule has 0 aliphatic heterocycles. The SMILES string of the molecule is COc1c(Cl)cc(Cl)cc1CNc1ccc(C(=O)OC(C)(C)C)c(O)c1. The molecule has 0 fully saturated rings. The third kappa shape index (κ3) is 5.19. The number of carbonyl (C=O) groups excluding carboxylic acids is 1. The molecule has 0 atom stereocenters. The zero-order valence-corrected chi connectivity index (χ0v) is 16.5. The average Bonchev–Trinajstić information content (AvgIpc) is 2.50. The lowest BCUT2D eigenvalue weighted by Crippen LogP contribution is -2.23. The molecule has 140 valence electrons. The van der Waals surface area contributed by atoms with Crippen LogP contribution in [-0.2, 0) is 11.3 Å². The molecule has 2 aromatic carbocycles. The Balaban J connectivity index is 2.15. The number of hydrogen-bond donors (Lipinski definition) is 2. The number of halogens is 2. The van der Waals surface area contributed by atoms with Crippen molar-refractivity contribution in [3.05, 3.63) is 51.5 Å². The Morgan fingerprint density at radius 2 is 1.88 bits per heavy atom. The van der Waals surface area contributed by atoms with Crippen LogP contribution in [0.25, 0.3) is 0 Å². The van der Waals surface area contributed by atoms with E-state index in [0.29, 0.717) is 28.0 Å². The van der Waals surface area contributed by atoms with Gasteiger partial charge in [-0.3, -0.25) is 0 Å². The molecule has 0 saturated carbocycles. The molecule has 0 aliphatic rings. The highest BCUT2D eigenvalue weighted by atomic mass is 35.5. The van der Waals surface area contributed by atoms with Crippen molar-refractivity contribution in [3.8, 4) is 11.5 Å².